The number of pyridine rings is 1. The van der Waals surface area contributed by atoms with Crippen molar-refractivity contribution in [1.29, 1.82) is 0 Å². The monoisotopic (exact) mass is 368 g/mol. The van der Waals surface area contributed by atoms with Gasteiger partial charge in [-0.1, -0.05) is 0 Å². The maximum Gasteiger partial charge on any atom is 0.167 e. The maximum absolute atomic E-state index is 14.1. The largest absolute Gasteiger partial charge is 0.453 e. The lowest BCUT2D eigenvalue weighted by Crippen LogP contribution is -1.93. The SMILES string of the molecule is CCn1cnc(-c2cc3nccc(Oc4ccc(N)cc4F)c3s2)c1C. The van der Waals surface area contributed by atoms with E-state index in [9.17, 15) is 4.39 Å². The summed E-state index contributed by atoms with van der Waals surface area (Å²) in [6.07, 6.45) is 3.49. The Morgan fingerprint density at radius 2 is 2.04 bits per heavy atom. The third kappa shape index (κ3) is 2.80. The summed E-state index contributed by atoms with van der Waals surface area (Å²) in [4.78, 5) is 9.93. The minimum atomic E-state index is -0.496. The second-order valence-corrected chi connectivity index (χ2v) is 6.94. The molecular formula is C19H17FN4OS. The van der Waals surface area contributed by atoms with E-state index in [-0.39, 0.29) is 5.75 Å². The van der Waals surface area contributed by atoms with Crippen molar-refractivity contribution in [1.82, 2.24) is 14.5 Å². The van der Waals surface area contributed by atoms with Gasteiger partial charge in [0.05, 0.1) is 21.4 Å². The highest BCUT2D eigenvalue weighted by Gasteiger charge is 2.16. The third-order valence-corrected chi connectivity index (χ3v) is 5.37. The van der Waals surface area contributed by atoms with Gasteiger partial charge in [-0.05, 0) is 32.0 Å². The van der Waals surface area contributed by atoms with E-state index in [4.69, 9.17) is 10.5 Å². The first-order valence-corrected chi connectivity index (χ1v) is 9.02. The molecule has 0 fully saturated rings. The fraction of sp³-hybridized carbons (Fsp3) is 0.158. The molecule has 0 saturated carbocycles. The minimum absolute atomic E-state index is 0.132. The molecule has 0 amide bonds. The molecule has 4 aromatic rings. The lowest BCUT2D eigenvalue weighted by Gasteiger charge is -2.07. The number of nitrogens with zero attached hydrogens (tertiary/aromatic N) is 3. The number of hydrogen-bond donors (Lipinski definition) is 1. The maximum atomic E-state index is 14.1. The molecule has 7 heteroatoms. The Bertz CT molecular complexity index is 1100. The molecule has 1 aromatic carbocycles. The number of fused-ring (bicyclic) bond motifs is 1. The molecule has 0 atom stereocenters. The van der Waals surface area contributed by atoms with Gasteiger partial charge in [-0.15, -0.1) is 11.3 Å². The summed E-state index contributed by atoms with van der Waals surface area (Å²) in [5.41, 5.74) is 8.78. The van der Waals surface area contributed by atoms with E-state index < -0.39 is 5.82 Å². The number of halogens is 1. The van der Waals surface area contributed by atoms with Gasteiger partial charge in [-0.25, -0.2) is 9.37 Å². The van der Waals surface area contributed by atoms with Gasteiger partial charge in [0.25, 0.3) is 0 Å². The second kappa shape index (κ2) is 6.42. The Morgan fingerprint density at radius 1 is 1.19 bits per heavy atom. The van der Waals surface area contributed by atoms with Gasteiger partial charge in [0, 0.05) is 36.3 Å². The van der Waals surface area contributed by atoms with Crippen molar-refractivity contribution in [3.8, 4) is 22.1 Å². The highest BCUT2D eigenvalue weighted by atomic mass is 32.1. The third-order valence-electron chi connectivity index (χ3n) is 4.23. The summed E-state index contributed by atoms with van der Waals surface area (Å²) >= 11 is 1.53. The fourth-order valence-electron chi connectivity index (χ4n) is 2.83. The molecule has 5 nitrogen and oxygen atoms in total. The summed E-state index contributed by atoms with van der Waals surface area (Å²) in [6, 6.07) is 8.10. The van der Waals surface area contributed by atoms with Crippen LogP contribution in [0.1, 0.15) is 12.6 Å². The number of anilines is 1. The van der Waals surface area contributed by atoms with Crippen molar-refractivity contribution in [3.05, 3.63) is 54.4 Å². The highest BCUT2D eigenvalue weighted by Crippen LogP contribution is 2.40. The fourth-order valence-corrected chi connectivity index (χ4v) is 3.95. The van der Waals surface area contributed by atoms with Crippen LogP contribution in [0.15, 0.2) is 42.9 Å². The molecule has 4 rings (SSSR count). The number of imidazole rings is 1. The molecule has 2 N–H and O–H groups in total. The van der Waals surface area contributed by atoms with Gasteiger partial charge >= 0.3 is 0 Å². The molecule has 0 bridgehead atoms. The number of benzene rings is 1. The van der Waals surface area contributed by atoms with Crippen LogP contribution in [0.2, 0.25) is 0 Å². The van der Waals surface area contributed by atoms with Gasteiger partial charge in [0.1, 0.15) is 11.4 Å². The average molecular weight is 368 g/mol. The number of nitrogens with two attached hydrogens (primary N) is 1. The van der Waals surface area contributed by atoms with Crippen molar-refractivity contribution in [3.63, 3.8) is 0 Å². The van der Waals surface area contributed by atoms with Crippen LogP contribution in [-0.2, 0) is 6.54 Å². The summed E-state index contributed by atoms with van der Waals surface area (Å²) in [7, 11) is 0. The average Bonchev–Trinajstić information content (AvgIpc) is 3.20. The normalized spacial score (nSPS) is 11.2. The zero-order valence-corrected chi connectivity index (χ0v) is 15.2. The van der Waals surface area contributed by atoms with E-state index in [0.717, 1.165) is 33.0 Å². The number of nitrogen functional groups attached to an aromatic ring is 1. The standard InChI is InChI=1S/C19H17FN4OS/c1-3-24-10-23-18(11(24)2)17-9-14-19(26-17)16(6-7-22-14)25-15-5-4-12(21)8-13(15)20/h4-10H,3,21H2,1-2H3. The molecule has 3 aromatic heterocycles. The molecule has 0 radical (unpaired) electrons. The summed E-state index contributed by atoms with van der Waals surface area (Å²) in [5.74, 6) is 0.194. The van der Waals surface area contributed by atoms with Crippen LogP contribution in [0.3, 0.4) is 0 Å². The van der Waals surface area contributed by atoms with Crippen LogP contribution < -0.4 is 10.5 Å². The van der Waals surface area contributed by atoms with Crippen LogP contribution in [0, 0.1) is 12.7 Å². The molecule has 132 valence electrons. The number of thiophene rings is 1. The lowest BCUT2D eigenvalue weighted by molar-refractivity contribution is 0.447. The predicted molar refractivity (Wildman–Crippen MR) is 102 cm³/mol. The quantitative estimate of drug-likeness (QED) is 0.515. The Balaban J connectivity index is 1.77. The Morgan fingerprint density at radius 3 is 2.77 bits per heavy atom. The highest BCUT2D eigenvalue weighted by molar-refractivity contribution is 7.22. The molecule has 26 heavy (non-hydrogen) atoms. The lowest BCUT2D eigenvalue weighted by atomic mass is 10.2. The van der Waals surface area contributed by atoms with Gasteiger partial charge in [0.2, 0.25) is 0 Å². The summed E-state index contributed by atoms with van der Waals surface area (Å²) in [6.45, 7) is 5.00. The van der Waals surface area contributed by atoms with E-state index in [0.29, 0.717) is 11.4 Å². The Kier molecular flexibility index (Phi) is 4.08. The molecule has 0 saturated heterocycles. The number of hydrogen-bond acceptors (Lipinski definition) is 5. The van der Waals surface area contributed by atoms with Gasteiger partial charge in [-0.2, -0.15) is 0 Å². The molecule has 0 aliphatic heterocycles. The first-order chi connectivity index (χ1) is 12.6. The zero-order valence-electron chi connectivity index (χ0n) is 14.4. The molecule has 3 heterocycles. The van der Waals surface area contributed by atoms with Crippen LogP contribution in [0.5, 0.6) is 11.5 Å². The Labute approximate surface area is 153 Å². The van der Waals surface area contributed by atoms with Crippen molar-refractivity contribution < 1.29 is 9.13 Å². The van der Waals surface area contributed by atoms with Crippen molar-refractivity contribution in [2.45, 2.75) is 20.4 Å². The van der Waals surface area contributed by atoms with Crippen LogP contribution in [0.4, 0.5) is 10.1 Å². The second-order valence-electron chi connectivity index (χ2n) is 5.89. The van der Waals surface area contributed by atoms with Gasteiger partial charge < -0.3 is 15.0 Å². The molecule has 0 spiro atoms. The molecule has 0 aliphatic rings. The van der Waals surface area contributed by atoms with Crippen molar-refractivity contribution in [2.75, 3.05) is 5.73 Å². The van der Waals surface area contributed by atoms with E-state index >= 15 is 0 Å². The number of aryl methyl sites for hydroxylation is 1. The predicted octanol–water partition coefficient (Wildman–Crippen LogP) is 5.00. The summed E-state index contributed by atoms with van der Waals surface area (Å²) < 4.78 is 22.8. The topological polar surface area (TPSA) is 66.0 Å². The number of rotatable bonds is 4. The van der Waals surface area contributed by atoms with Crippen LogP contribution in [-0.4, -0.2) is 14.5 Å². The zero-order chi connectivity index (χ0) is 18.3. The van der Waals surface area contributed by atoms with E-state index in [2.05, 4.69) is 21.5 Å². The van der Waals surface area contributed by atoms with E-state index in [1.54, 1.807) is 18.3 Å². The molecular weight excluding hydrogens is 351 g/mol. The summed E-state index contributed by atoms with van der Waals surface area (Å²) in [5, 5.41) is 0. The minimum Gasteiger partial charge on any atom is -0.453 e. The number of ether oxygens (including phenoxy) is 1. The van der Waals surface area contributed by atoms with E-state index in [1.165, 1.54) is 23.5 Å². The van der Waals surface area contributed by atoms with Gasteiger partial charge in [-0.3, -0.25) is 4.98 Å². The van der Waals surface area contributed by atoms with Crippen molar-refractivity contribution >= 4 is 27.2 Å². The molecule has 0 unspecified atom stereocenters. The van der Waals surface area contributed by atoms with E-state index in [1.807, 2.05) is 19.3 Å². The number of aromatic nitrogens is 3. The first kappa shape index (κ1) is 16.5. The van der Waals surface area contributed by atoms with Gasteiger partial charge in [0.15, 0.2) is 11.6 Å². The first-order valence-electron chi connectivity index (χ1n) is 8.20. The van der Waals surface area contributed by atoms with Crippen LogP contribution >= 0.6 is 11.3 Å². The smallest absolute Gasteiger partial charge is 0.167 e. The van der Waals surface area contributed by atoms with Crippen molar-refractivity contribution in [2.24, 2.45) is 0 Å². The Hall–Kier alpha value is -2.93. The van der Waals surface area contributed by atoms with Crippen LogP contribution in [0.25, 0.3) is 20.8 Å². The molecule has 0 aliphatic carbocycles.